The molecule has 0 aromatic heterocycles. The summed E-state index contributed by atoms with van der Waals surface area (Å²) in [5.41, 5.74) is 0. The summed E-state index contributed by atoms with van der Waals surface area (Å²) in [4.78, 5) is 5.25. The second-order valence-corrected chi connectivity index (χ2v) is 6.79. The van der Waals surface area contributed by atoms with Gasteiger partial charge in [-0.3, -0.25) is 0 Å². The highest BCUT2D eigenvalue weighted by Gasteiger charge is 2.22. The molecule has 0 bridgehead atoms. The molecule has 100 valence electrons. The van der Waals surface area contributed by atoms with Crippen LogP contribution in [-0.4, -0.2) is 72.7 Å². The van der Waals surface area contributed by atoms with E-state index in [-0.39, 0.29) is 0 Å². The van der Waals surface area contributed by atoms with Crippen LogP contribution in [0.2, 0.25) is 0 Å². The number of hydrogen-bond donors (Lipinski definition) is 1. The second-order valence-electron chi connectivity index (χ2n) is 5.56. The van der Waals surface area contributed by atoms with Gasteiger partial charge in [-0.05, 0) is 13.0 Å². The Hall–Kier alpha value is 0.230. The van der Waals surface area contributed by atoms with E-state index in [0.717, 1.165) is 6.04 Å². The molecule has 0 aromatic carbocycles. The van der Waals surface area contributed by atoms with Crippen molar-refractivity contribution in [2.45, 2.75) is 32.4 Å². The van der Waals surface area contributed by atoms with Crippen molar-refractivity contribution < 1.29 is 0 Å². The van der Waals surface area contributed by atoms with Gasteiger partial charge in [-0.15, -0.1) is 0 Å². The van der Waals surface area contributed by atoms with Gasteiger partial charge in [0.05, 0.1) is 0 Å². The molecule has 1 N–H and O–H groups in total. The lowest BCUT2D eigenvalue weighted by Crippen LogP contribution is -2.40. The van der Waals surface area contributed by atoms with E-state index in [9.17, 15) is 0 Å². The molecule has 2 rings (SSSR count). The molecule has 2 fully saturated rings. The minimum absolute atomic E-state index is 0.624. The SMILES string of the molecule is CC(C)NC1CCN(CCN2CCSCC2)C1. The molecule has 0 radical (unpaired) electrons. The van der Waals surface area contributed by atoms with E-state index >= 15 is 0 Å². The average molecular weight is 257 g/mol. The van der Waals surface area contributed by atoms with Crippen molar-refractivity contribution in [2.75, 3.05) is 50.8 Å². The number of rotatable bonds is 5. The first-order valence-corrected chi connectivity index (χ1v) is 8.18. The van der Waals surface area contributed by atoms with Gasteiger partial charge in [0, 0.05) is 56.3 Å². The Morgan fingerprint density at radius 3 is 2.53 bits per heavy atom. The fourth-order valence-electron chi connectivity index (χ4n) is 2.75. The number of hydrogen-bond acceptors (Lipinski definition) is 4. The predicted molar refractivity (Wildman–Crippen MR) is 76.9 cm³/mol. The standard InChI is InChI=1S/C13H27N3S/c1-12(2)14-13-3-4-16(11-13)6-5-15-7-9-17-10-8-15/h12-14H,3-11H2,1-2H3. The molecular formula is C13H27N3S. The maximum absolute atomic E-state index is 3.65. The van der Waals surface area contributed by atoms with Crippen molar-refractivity contribution in [1.82, 2.24) is 15.1 Å². The van der Waals surface area contributed by atoms with Crippen LogP contribution in [0, 0.1) is 0 Å². The summed E-state index contributed by atoms with van der Waals surface area (Å²) in [6, 6.07) is 1.35. The molecule has 17 heavy (non-hydrogen) atoms. The smallest absolute Gasteiger partial charge is 0.0209 e. The Bertz CT molecular complexity index is 217. The molecule has 2 heterocycles. The first-order chi connectivity index (χ1) is 8.24. The van der Waals surface area contributed by atoms with Crippen LogP contribution in [-0.2, 0) is 0 Å². The zero-order valence-electron chi connectivity index (χ0n) is 11.3. The van der Waals surface area contributed by atoms with Crippen LogP contribution in [0.25, 0.3) is 0 Å². The minimum Gasteiger partial charge on any atom is -0.310 e. The number of nitrogens with one attached hydrogen (secondary N) is 1. The van der Waals surface area contributed by atoms with Crippen molar-refractivity contribution in [3.8, 4) is 0 Å². The molecule has 1 atom stereocenters. The van der Waals surface area contributed by atoms with Crippen LogP contribution in [0.15, 0.2) is 0 Å². The lowest BCUT2D eigenvalue weighted by Gasteiger charge is -2.28. The van der Waals surface area contributed by atoms with Crippen molar-refractivity contribution in [1.29, 1.82) is 0 Å². The van der Waals surface area contributed by atoms with Gasteiger partial charge < -0.3 is 15.1 Å². The zero-order chi connectivity index (χ0) is 12.1. The molecule has 0 saturated carbocycles. The Kier molecular flexibility index (Phi) is 5.60. The van der Waals surface area contributed by atoms with Gasteiger partial charge in [-0.2, -0.15) is 11.8 Å². The lowest BCUT2D eigenvalue weighted by atomic mass is 10.2. The Morgan fingerprint density at radius 2 is 1.82 bits per heavy atom. The van der Waals surface area contributed by atoms with E-state index in [1.54, 1.807) is 0 Å². The molecule has 2 aliphatic heterocycles. The van der Waals surface area contributed by atoms with Crippen LogP contribution in [0.5, 0.6) is 0 Å². The van der Waals surface area contributed by atoms with Crippen molar-refractivity contribution >= 4 is 11.8 Å². The molecule has 0 aliphatic carbocycles. The number of likely N-dealkylation sites (tertiary alicyclic amines) is 1. The number of nitrogens with zero attached hydrogens (tertiary/aromatic N) is 2. The van der Waals surface area contributed by atoms with Crippen molar-refractivity contribution in [3.05, 3.63) is 0 Å². The molecular weight excluding hydrogens is 230 g/mol. The Balaban J connectivity index is 1.60. The maximum Gasteiger partial charge on any atom is 0.0209 e. The molecule has 2 aliphatic rings. The third-order valence-electron chi connectivity index (χ3n) is 3.68. The fraction of sp³-hybridized carbons (Fsp3) is 1.00. The summed E-state index contributed by atoms with van der Waals surface area (Å²) in [5.74, 6) is 2.66. The highest BCUT2D eigenvalue weighted by molar-refractivity contribution is 7.99. The Morgan fingerprint density at radius 1 is 1.12 bits per heavy atom. The molecule has 4 heteroatoms. The quantitative estimate of drug-likeness (QED) is 0.795. The van der Waals surface area contributed by atoms with Crippen LogP contribution < -0.4 is 5.32 Å². The minimum atomic E-state index is 0.624. The third-order valence-corrected chi connectivity index (χ3v) is 4.62. The van der Waals surface area contributed by atoms with Crippen molar-refractivity contribution in [2.24, 2.45) is 0 Å². The van der Waals surface area contributed by atoms with Crippen LogP contribution in [0.3, 0.4) is 0 Å². The first-order valence-electron chi connectivity index (χ1n) is 7.02. The van der Waals surface area contributed by atoms with Gasteiger partial charge in [-0.25, -0.2) is 0 Å². The Labute approximate surface area is 110 Å². The topological polar surface area (TPSA) is 18.5 Å². The van der Waals surface area contributed by atoms with Gasteiger partial charge >= 0.3 is 0 Å². The molecule has 0 spiro atoms. The molecule has 3 nitrogen and oxygen atoms in total. The maximum atomic E-state index is 3.65. The van der Waals surface area contributed by atoms with E-state index in [0.29, 0.717) is 6.04 Å². The molecule has 2 saturated heterocycles. The van der Waals surface area contributed by atoms with Gasteiger partial charge in [0.15, 0.2) is 0 Å². The van der Waals surface area contributed by atoms with E-state index in [1.165, 1.54) is 57.2 Å². The lowest BCUT2D eigenvalue weighted by molar-refractivity contribution is 0.237. The van der Waals surface area contributed by atoms with Crippen LogP contribution in [0.4, 0.5) is 0 Å². The largest absolute Gasteiger partial charge is 0.310 e. The average Bonchev–Trinajstić information content (AvgIpc) is 2.75. The van der Waals surface area contributed by atoms with Crippen molar-refractivity contribution in [3.63, 3.8) is 0 Å². The van der Waals surface area contributed by atoms with E-state index in [2.05, 4.69) is 40.7 Å². The molecule has 1 unspecified atom stereocenters. The highest BCUT2D eigenvalue weighted by atomic mass is 32.2. The van der Waals surface area contributed by atoms with Gasteiger partial charge in [0.2, 0.25) is 0 Å². The summed E-state index contributed by atoms with van der Waals surface area (Å²) >= 11 is 2.10. The summed E-state index contributed by atoms with van der Waals surface area (Å²) in [6.07, 6.45) is 1.33. The number of thioether (sulfide) groups is 1. The second kappa shape index (κ2) is 6.98. The van der Waals surface area contributed by atoms with Gasteiger partial charge in [0.25, 0.3) is 0 Å². The van der Waals surface area contributed by atoms with Crippen LogP contribution >= 0.6 is 11.8 Å². The van der Waals surface area contributed by atoms with E-state index < -0.39 is 0 Å². The zero-order valence-corrected chi connectivity index (χ0v) is 12.1. The van der Waals surface area contributed by atoms with Crippen LogP contribution in [0.1, 0.15) is 20.3 Å². The summed E-state index contributed by atoms with van der Waals surface area (Å²) < 4.78 is 0. The third kappa shape index (κ3) is 4.78. The molecule has 0 aromatic rings. The fourth-order valence-corrected chi connectivity index (χ4v) is 3.73. The van der Waals surface area contributed by atoms with Gasteiger partial charge in [-0.1, -0.05) is 13.8 Å². The summed E-state index contributed by atoms with van der Waals surface area (Å²) in [7, 11) is 0. The summed E-state index contributed by atoms with van der Waals surface area (Å²) in [5, 5.41) is 3.65. The monoisotopic (exact) mass is 257 g/mol. The van der Waals surface area contributed by atoms with Gasteiger partial charge in [0.1, 0.15) is 0 Å². The normalized spacial score (nSPS) is 28.1. The first kappa shape index (κ1) is 13.7. The highest BCUT2D eigenvalue weighted by Crippen LogP contribution is 2.12. The van der Waals surface area contributed by atoms with E-state index in [4.69, 9.17) is 0 Å². The van der Waals surface area contributed by atoms with E-state index in [1.807, 2.05) is 0 Å². The summed E-state index contributed by atoms with van der Waals surface area (Å²) in [6.45, 7) is 12.2. The predicted octanol–water partition coefficient (Wildman–Crippen LogP) is 1.11. The molecule has 0 amide bonds.